The number of amides is 2. The Morgan fingerprint density at radius 1 is 1.35 bits per heavy atom. The van der Waals surface area contributed by atoms with Crippen LogP contribution in [0.25, 0.3) is 0 Å². The topological polar surface area (TPSA) is 84.2 Å². The largest absolute Gasteiger partial charge is 0.459 e. The van der Waals surface area contributed by atoms with Crippen LogP contribution in [0.5, 0.6) is 0 Å². The van der Waals surface area contributed by atoms with Gasteiger partial charge in [-0.25, -0.2) is 0 Å². The quantitative estimate of drug-likeness (QED) is 0.884. The normalized spacial score (nSPS) is 10.1. The number of pyridine rings is 1. The van der Waals surface area contributed by atoms with Gasteiger partial charge in [-0.2, -0.15) is 0 Å². The van der Waals surface area contributed by atoms with Gasteiger partial charge in [0.2, 0.25) is 5.91 Å². The van der Waals surface area contributed by atoms with Gasteiger partial charge < -0.3 is 15.1 Å². The van der Waals surface area contributed by atoms with Crippen molar-refractivity contribution in [3.05, 3.63) is 47.6 Å². The first-order valence-corrected chi connectivity index (χ1v) is 6.25. The molecule has 6 nitrogen and oxygen atoms in total. The number of rotatable bonds is 5. The first-order valence-electron chi connectivity index (χ1n) is 5.88. The molecule has 0 radical (unpaired) electrons. The maximum atomic E-state index is 11.7. The number of nitrogens with zero attached hydrogens (tertiary/aromatic N) is 1. The molecule has 0 atom stereocenters. The molecule has 0 aliphatic heterocycles. The van der Waals surface area contributed by atoms with Crippen molar-refractivity contribution in [2.75, 3.05) is 11.9 Å². The van der Waals surface area contributed by atoms with E-state index in [-0.39, 0.29) is 30.5 Å². The molecule has 20 heavy (non-hydrogen) atoms. The second-order valence-corrected chi connectivity index (χ2v) is 4.29. The number of nitrogens with one attached hydrogen (secondary N) is 2. The van der Waals surface area contributed by atoms with Gasteiger partial charge in [-0.3, -0.25) is 14.6 Å². The van der Waals surface area contributed by atoms with Crippen LogP contribution in [0.3, 0.4) is 0 Å². The minimum atomic E-state index is -0.357. The van der Waals surface area contributed by atoms with E-state index >= 15 is 0 Å². The molecule has 2 N–H and O–H groups in total. The van der Waals surface area contributed by atoms with Crippen LogP contribution in [-0.4, -0.2) is 23.3 Å². The first-order chi connectivity index (χ1) is 9.66. The summed E-state index contributed by atoms with van der Waals surface area (Å²) in [6.07, 6.45) is 4.51. The van der Waals surface area contributed by atoms with E-state index in [1.54, 1.807) is 18.2 Å². The van der Waals surface area contributed by atoms with Crippen LogP contribution < -0.4 is 10.6 Å². The lowest BCUT2D eigenvalue weighted by molar-refractivity contribution is -0.116. The molecule has 0 bridgehead atoms. The summed E-state index contributed by atoms with van der Waals surface area (Å²) in [5.41, 5.74) is 0.490. The number of hydrogen-bond acceptors (Lipinski definition) is 4. The molecule has 0 aromatic carbocycles. The third kappa shape index (κ3) is 3.83. The van der Waals surface area contributed by atoms with Crippen LogP contribution in [-0.2, 0) is 4.79 Å². The molecule has 0 saturated heterocycles. The number of carbonyl (C=O) groups excluding carboxylic acids is 2. The van der Waals surface area contributed by atoms with Gasteiger partial charge in [-0.05, 0) is 18.2 Å². The molecule has 7 heteroatoms. The number of furan rings is 1. The molecule has 2 rings (SSSR count). The predicted molar refractivity (Wildman–Crippen MR) is 73.5 cm³/mol. The van der Waals surface area contributed by atoms with Gasteiger partial charge >= 0.3 is 0 Å². The fourth-order valence-electron chi connectivity index (χ4n) is 1.47. The Bertz CT molecular complexity index is 599. The summed E-state index contributed by atoms with van der Waals surface area (Å²) in [5.74, 6) is -0.398. The molecule has 2 aromatic rings. The van der Waals surface area contributed by atoms with Gasteiger partial charge in [0.15, 0.2) is 5.76 Å². The zero-order valence-corrected chi connectivity index (χ0v) is 11.2. The summed E-state index contributed by atoms with van der Waals surface area (Å²) in [6.45, 7) is 0.202. The highest BCUT2D eigenvalue weighted by Crippen LogP contribution is 2.18. The van der Waals surface area contributed by atoms with E-state index < -0.39 is 0 Å². The molecule has 0 saturated carbocycles. The highest BCUT2D eigenvalue weighted by Gasteiger charge is 2.09. The second kappa shape index (κ2) is 6.72. The maximum Gasteiger partial charge on any atom is 0.286 e. The lowest BCUT2D eigenvalue weighted by atomic mass is 10.3. The van der Waals surface area contributed by atoms with Gasteiger partial charge in [-0.1, -0.05) is 11.6 Å². The standard InChI is InChI=1S/C13H12ClN3O3/c14-9-8-15-5-3-10(9)17-12(18)4-6-16-13(19)11-2-1-7-20-11/h1-3,5,7-8H,4,6H2,(H,16,19)(H,15,17,18). The predicted octanol–water partition coefficient (Wildman–Crippen LogP) is 2.09. The fraction of sp³-hybridized carbons (Fsp3) is 0.154. The monoisotopic (exact) mass is 293 g/mol. The van der Waals surface area contributed by atoms with Crippen molar-refractivity contribution in [1.82, 2.24) is 10.3 Å². The van der Waals surface area contributed by atoms with E-state index in [2.05, 4.69) is 15.6 Å². The van der Waals surface area contributed by atoms with Gasteiger partial charge in [0.1, 0.15) is 0 Å². The van der Waals surface area contributed by atoms with Gasteiger partial charge in [0, 0.05) is 25.4 Å². The Morgan fingerprint density at radius 2 is 2.20 bits per heavy atom. The number of halogens is 1. The fourth-order valence-corrected chi connectivity index (χ4v) is 1.64. The highest BCUT2D eigenvalue weighted by atomic mass is 35.5. The molecule has 2 heterocycles. The average molecular weight is 294 g/mol. The van der Waals surface area contributed by atoms with E-state index in [0.717, 1.165) is 0 Å². The zero-order valence-electron chi connectivity index (χ0n) is 10.4. The van der Waals surface area contributed by atoms with Crippen LogP contribution in [0.2, 0.25) is 5.02 Å². The van der Waals surface area contributed by atoms with Crippen molar-refractivity contribution in [3.8, 4) is 0 Å². The van der Waals surface area contributed by atoms with Gasteiger partial charge in [0.05, 0.1) is 17.0 Å². The van der Waals surface area contributed by atoms with E-state index in [4.69, 9.17) is 16.0 Å². The van der Waals surface area contributed by atoms with Crippen molar-refractivity contribution < 1.29 is 14.0 Å². The van der Waals surface area contributed by atoms with Gasteiger partial charge in [-0.15, -0.1) is 0 Å². The summed E-state index contributed by atoms with van der Waals surface area (Å²) >= 11 is 5.86. The molecule has 104 valence electrons. The van der Waals surface area contributed by atoms with Gasteiger partial charge in [0.25, 0.3) is 5.91 Å². The summed E-state index contributed by atoms with van der Waals surface area (Å²) in [6, 6.07) is 4.76. The van der Waals surface area contributed by atoms with Crippen molar-refractivity contribution in [2.45, 2.75) is 6.42 Å². The van der Waals surface area contributed by atoms with Crippen LogP contribution in [0.1, 0.15) is 17.0 Å². The minimum Gasteiger partial charge on any atom is -0.459 e. The molecule has 0 spiro atoms. The zero-order chi connectivity index (χ0) is 14.4. The van der Waals surface area contributed by atoms with Crippen LogP contribution in [0.4, 0.5) is 5.69 Å². The molecular formula is C13H12ClN3O3. The Kier molecular flexibility index (Phi) is 4.73. The van der Waals surface area contributed by atoms with Crippen LogP contribution in [0, 0.1) is 0 Å². The Hall–Kier alpha value is -2.34. The summed E-state index contributed by atoms with van der Waals surface area (Å²) in [4.78, 5) is 27.0. The van der Waals surface area contributed by atoms with Crippen molar-refractivity contribution >= 4 is 29.1 Å². The van der Waals surface area contributed by atoms with Crippen LogP contribution in [0.15, 0.2) is 41.3 Å². The lowest BCUT2D eigenvalue weighted by Gasteiger charge is -2.07. The van der Waals surface area contributed by atoms with Crippen molar-refractivity contribution in [1.29, 1.82) is 0 Å². The molecular weight excluding hydrogens is 282 g/mol. The number of carbonyl (C=O) groups is 2. The Labute approximate surface area is 120 Å². The number of aromatic nitrogens is 1. The summed E-state index contributed by atoms with van der Waals surface area (Å²) < 4.78 is 4.93. The molecule has 0 fully saturated rings. The lowest BCUT2D eigenvalue weighted by Crippen LogP contribution is -2.27. The number of anilines is 1. The third-order valence-corrected chi connectivity index (χ3v) is 2.73. The minimum absolute atomic E-state index is 0.130. The SMILES string of the molecule is O=C(CCNC(=O)c1ccco1)Nc1ccncc1Cl. The molecule has 2 aromatic heterocycles. The molecule has 0 aliphatic rings. The first kappa shape index (κ1) is 14.1. The highest BCUT2D eigenvalue weighted by molar-refractivity contribution is 6.33. The van der Waals surface area contributed by atoms with E-state index in [9.17, 15) is 9.59 Å². The smallest absolute Gasteiger partial charge is 0.286 e. The second-order valence-electron chi connectivity index (χ2n) is 3.89. The Balaban J connectivity index is 1.76. The van der Waals surface area contributed by atoms with Crippen molar-refractivity contribution in [3.63, 3.8) is 0 Å². The molecule has 0 unspecified atom stereocenters. The summed E-state index contributed by atoms with van der Waals surface area (Å²) in [7, 11) is 0. The summed E-state index contributed by atoms with van der Waals surface area (Å²) in [5, 5.41) is 5.57. The molecule has 2 amide bonds. The maximum absolute atomic E-state index is 11.7. The molecule has 0 aliphatic carbocycles. The van der Waals surface area contributed by atoms with E-state index in [1.807, 2.05) is 0 Å². The Morgan fingerprint density at radius 3 is 2.90 bits per heavy atom. The average Bonchev–Trinajstić information content (AvgIpc) is 2.95. The van der Waals surface area contributed by atoms with E-state index in [1.165, 1.54) is 18.7 Å². The van der Waals surface area contributed by atoms with Crippen molar-refractivity contribution in [2.24, 2.45) is 0 Å². The number of hydrogen-bond donors (Lipinski definition) is 2. The van der Waals surface area contributed by atoms with Crippen LogP contribution >= 0.6 is 11.6 Å². The van der Waals surface area contributed by atoms with E-state index in [0.29, 0.717) is 10.7 Å². The third-order valence-electron chi connectivity index (χ3n) is 2.43.